The van der Waals surface area contributed by atoms with Crippen molar-refractivity contribution in [3.8, 4) is 5.75 Å². The molecule has 0 radical (unpaired) electrons. The van der Waals surface area contributed by atoms with Crippen LogP contribution in [0, 0.1) is 0 Å². The molecule has 3 aromatic carbocycles. The summed E-state index contributed by atoms with van der Waals surface area (Å²) < 4.78 is 5.80. The van der Waals surface area contributed by atoms with Gasteiger partial charge in [-0.25, -0.2) is 0 Å². The van der Waals surface area contributed by atoms with Gasteiger partial charge in [-0.1, -0.05) is 42.5 Å². The lowest BCUT2D eigenvalue weighted by atomic mass is 10.0. The van der Waals surface area contributed by atoms with Gasteiger partial charge in [0.1, 0.15) is 5.75 Å². The Morgan fingerprint density at radius 1 is 0.821 bits per heavy atom. The summed E-state index contributed by atoms with van der Waals surface area (Å²) in [4.78, 5) is 37.5. The quantitative estimate of drug-likeness (QED) is 0.355. The molecule has 5 heteroatoms. The zero-order valence-electron chi connectivity index (χ0n) is 15.3. The molecule has 1 aliphatic heterocycles. The fraction of sp³-hybridized carbons (Fsp3) is 0.174. The predicted molar refractivity (Wildman–Crippen MR) is 106 cm³/mol. The van der Waals surface area contributed by atoms with E-state index in [2.05, 4.69) is 0 Å². The molecule has 0 saturated heterocycles. The molecule has 1 aliphatic rings. The van der Waals surface area contributed by atoms with Crippen molar-refractivity contribution in [1.82, 2.24) is 4.90 Å². The van der Waals surface area contributed by atoms with Crippen molar-refractivity contribution in [2.75, 3.05) is 13.2 Å². The van der Waals surface area contributed by atoms with Crippen molar-refractivity contribution in [2.45, 2.75) is 12.8 Å². The molecule has 1 heterocycles. The summed E-state index contributed by atoms with van der Waals surface area (Å²) >= 11 is 0. The normalized spacial score (nSPS) is 13.1. The van der Waals surface area contributed by atoms with Crippen molar-refractivity contribution in [2.24, 2.45) is 0 Å². The van der Waals surface area contributed by atoms with Crippen LogP contribution in [0.2, 0.25) is 0 Å². The monoisotopic (exact) mass is 373 g/mol. The van der Waals surface area contributed by atoms with E-state index in [9.17, 15) is 14.4 Å². The lowest BCUT2D eigenvalue weighted by Crippen LogP contribution is -2.30. The van der Waals surface area contributed by atoms with Gasteiger partial charge in [-0.05, 0) is 41.8 Å². The molecule has 3 aromatic rings. The average Bonchev–Trinajstić information content (AvgIpc) is 2.98. The zero-order chi connectivity index (χ0) is 19.5. The number of nitrogens with zero attached hydrogens (tertiary/aromatic N) is 1. The molecule has 0 bridgehead atoms. The number of benzene rings is 3. The molecule has 140 valence electrons. The van der Waals surface area contributed by atoms with Gasteiger partial charge < -0.3 is 4.74 Å². The summed E-state index contributed by atoms with van der Waals surface area (Å²) in [7, 11) is 0. The first kappa shape index (κ1) is 17.9. The molecule has 2 amide bonds. The molecule has 0 spiro atoms. The molecule has 4 rings (SSSR count). The van der Waals surface area contributed by atoms with Crippen LogP contribution in [-0.4, -0.2) is 36.2 Å². The Bertz CT molecular complexity index is 1040. The standard InChI is InChI=1S/C23H19NO4/c25-15-20-17-8-2-1-7-16(17)11-12-21(20)28-14-6-5-13-24-22(26)18-9-3-4-10-19(18)23(24)27/h1-4,7-12,15H,5-6,13-14H2. The highest BCUT2D eigenvalue weighted by atomic mass is 16.5. The minimum atomic E-state index is -0.237. The van der Waals surface area contributed by atoms with Crippen molar-refractivity contribution < 1.29 is 19.1 Å². The number of fused-ring (bicyclic) bond motifs is 2. The molecule has 0 saturated carbocycles. The first-order valence-corrected chi connectivity index (χ1v) is 9.25. The van der Waals surface area contributed by atoms with Crippen LogP contribution in [0.25, 0.3) is 10.8 Å². The van der Waals surface area contributed by atoms with Crippen molar-refractivity contribution >= 4 is 28.9 Å². The third-order valence-corrected chi connectivity index (χ3v) is 4.96. The highest BCUT2D eigenvalue weighted by Crippen LogP contribution is 2.27. The van der Waals surface area contributed by atoms with Crippen LogP contribution in [-0.2, 0) is 0 Å². The van der Waals surface area contributed by atoms with Gasteiger partial charge in [0.2, 0.25) is 0 Å². The largest absolute Gasteiger partial charge is 0.493 e. The van der Waals surface area contributed by atoms with Gasteiger partial charge in [0, 0.05) is 6.54 Å². The Morgan fingerprint density at radius 2 is 1.50 bits per heavy atom. The smallest absolute Gasteiger partial charge is 0.261 e. The highest BCUT2D eigenvalue weighted by Gasteiger charge is 2.34. The number of hydrogen-bond donors (Lipinski definition) is 0. The Kier molecular flexibility index (Phi) is 4.89. The third-order valence-electron chi connectivity index (χ3n) is 4.96. The van der Waals surface area contributed by atoms with Crippen LogP contribution in [0.3, 0.4) is 0 Å². The van der Waals surface area contributed by atoms with Crippen LogP contribution in [0.15, 0.2) is 60.7 Å². The zero-order valence-corrected chi connectivity index (χ0v) is 15.3. The molecule has 0 aromatic heterocycles. The first-order chi connectivity index (χ1) is 13.7. The molecular formula is C23H19NO4. The van der Waals surface area contributed by atoms with E-state index in [4.69, 9.17) is 4.74 Å². The number of amides is 2. The average molecular weight is 373 g/mol. The van der Waals surface area contributed by atoms with E-state index in [1.165, 1.54) is 4.90 Å². The van der Waals surface area contributed by atoms with E-state index < -0.39 is 0 Å². The number of imide groups is 1. The van der Waals surface area contributed by atoms with Crippen LogP contribution in [0.1, 0.15) is 43.9 Å². The van der Waals surface area contributed by atoms with E-state index in [-0.39, 0.29) is 11.8 Å². The number of carbonyl (C=O) groups excluding carboxylic acids is 3. The molecule has 0 unspecified atom stereocenters. The van der Waals surface area contributed by atoms with Gasteiger partial charge in [0.05, 0.1) is 23.3 Å². The Morgan fingerprint density at radius 3 is 2.21 bits per heavy atom. The predicted octanol–water partition coefficient (Wildman–Crippen LogP) is 4.11. The van der Waals surface area contributed by atoms with E-state index >= 15 is 0 Å². The minimum Gasteiger partial charge on any atom is -0.493 e. The topological polar surface area (TPSA) is 63.7 Å². The molecule has 0 fully saturated rings. The van der Waals surface area contributed by atoms with E-state index in [1.54, 1.807) is 30.3 Å². The van der Waals surface area contributed by atoms with E-state index in [1.807, 2.05) is 30.3 Å². The number of hydrogen-bond acceptors (Lipinski definition) is 4. The first-order valence-electron chi connectivity index (χ1n) is 9.25. The van der Waals surface area contributed by atoms with Crippen molar-refractivity contribution in [3.05, 3.63) is 77.4 Å². The molecule has 0 N–H and O–H groups in total. The number of unbranched alkanes of at least 4 members (excludes halogenated alkanes) is 1. The summed E-state index contributed by atoms with van der Waals surface area (Å²) in [5, 5.41) is 1.85. The molecule has 5 nitrogen and oxygen atoms in total. The highest BCUT2D eigenvalue weighted by molar-refractivity contribution is 6.21. The SMILES string of the molecule is O=Cc1c(OCCCCN2C(=O)c3ccccc3C2=O)ccc2ccccc12. The fourth-order valence-corrected chi connectivity index (χ4v) is 3.52. The van der Waals surface area contributed by atoms with E-state index in [0.717, 1.165) is 17.1 Å². The molecule has 0 atom stereocenters. The van der Waals surface area contributed by atoms with E-state index in [0.29, 0.717) is 48.4 Å². The van der Waals surface area contributed by atoms with Gasteiger partial charge in [-0.3, -0.25) is 19.3 Å². The second-order valence-corrected chi connectivity index (χ2v) is 6.68. The summed E-state index contributed by atoms with van der Waals surface area (Å²) in [5.41, 5.74) is 1.48. The Hall–Kier alpha value is -3.47. The molecule has 28 heavy (non-hydrogen) atoms. The number of rotatable bonds is 7. The maximum Gasteiger partial charge on any atom is 0.261 e. The molecular weight excluding hydrogens is 354 g/mol. The lowest BCUT2D eigenvalue weighted by Gasteiger charge is -2.14. The van der Waals surface area contributed by atoms with Crippen LogP contribution >= 0.6 is 0 Å². The maximum absolute atomic E-state index is 12.3. The lowest BCUT2D eigenvalue weighted by molar-refractivity contribution is 0.0649. The van der Waals surface area contributed by atoms with Crippen molar-refractivity contribution in [1.29, 1.82) is 0 Å². The van der Waals surface area contributed by atoms with Gasteiger partial charge in [-0.2, -0.15) is 0 Å². The number of aldehydes is 1. The number of carbonyl (C=O) groups is 3. The number of ether oxygens (including phenoxy) is 1. The van der Waals surface area contributed by atoms with Crippen LogP contribution in [0.5, 0.6) is 5.75 Å². The summed E-state index contributed by atoms with van der Waals surface area (Å²) in [6.45, 7) is 0.760. The van der Waals surface area contributed by atoms with Crippen LogP contribution < -0.4 is 4.74 Å². The second kappa shape index (κ2) is 7.64. The van der Waals surface area contributed by atoms with Gasteiger partial charge in [0.15, 0.2) is 6.29 Å². The minimum absolute atomic E-state index is 0.237. The maximum atomic E-state index is 12.3. The van der Waals surface area contributed by atoms with Gasteiger partial charge in [-0.15, -0.1) is 0 Å². The van der Waals surface area contributed by atoms with Gasteiger partial charge in [0.25, 0.3) is 11.8 Å². The third kappa shape index (κ3) is 3.16. The van der Waals surface area contributed by atoms with Gasteiger partial charge >= 0.3 is 0 Å². The summed E-state index contributed by atoms with van der Waals surface area (Å²) in [5.74, 6) is 0.0769. The molecule has 0 aliphatic carbocycles. The second-order valence-electron chi connectivity index (χ2n) is 6.68. The Balaban J connectivity index is 1.34. The Labute approximate surface area is 162 Å². The summed E-state index contributed by atoms with van der Waals surface area (Å²) in [6, 6.07) is 18.3. The fourth-order valence-electron chi connectivity index (χ4n) is 3.52. The summed E-state index contributed by atoms with van der Waals surface area (Å²) in [6.07, 6.45) is 2.12. The van der Waals surface area contributed by atoms with Crippen molar-refractivity contribution in [3.63, 3.8) is 0 Å². The van der Waals surface area contributed by atoms with Crippen LogP contribution in [0.4, 0.5) is 0 Å².